The molecule has 4 unspecified atom stereocenters. The summed E-state index contributed by atoms with van der Waals surface area (Å²) in [5.41, 5.74) is 10.5. The number of nitrogens with two attached hydrogens (primary N) is 2. The smallest absolute Gasteiger partial charge is 0.326 e. The van der Waals surface area contributed by atoms with Crippen molar-refractivity contribution in [2.24, 2.45) is 11.5 Å². The lowest BCUT2D eigenvalue weighted by Crippen LogP contribution is -2.57. The first-order valence-electron chi connectivity index (χ1n) is 9.88. The standard InChI is InChI=1S/C18H29N5O10S/c1-34-5-4-10(18(32)33)22-17(31)11(7-14(27)28)23-16(30)9(2-3-13(25)26)21-15(29)8(19)6-12(20)24/h8-11H,2-7,19H2,1H3,(H2,20,24)(H,21,29)(H,22,31)(H,23,30)(H,25,26)(H,27,28)(H,32,33). The highest BCUT2D eigenvalue weighted by atomic mass is 32.2. The van der Waals surface area contributed by atoms with Gasteiger partial charge in [-0.25, -0.2) is 4.79 Å². The monoisotopic (exact) mass is 507 g/mol. The minimum atomic E-state index is -1.73. The minimum Gasteiger partial charge on any atom is -0.481 e. The summed E-state index contributed by atoms with van der Waals surface area (Å²) >= 11 is 1.32. The van der Waals surface area contributed by atoms with Gasteiger partial charge in [-0.15, -0.1) is 0 Å². The molecule has 0 aromatic heterocycles. The summed E-state index contributed by atoms with van der Waals surface area (Å²) in [4.78, 5) is 81.7. The van der Waals surface area contributed by atoms with E-state index in [1.807, 2.05) is 0 Å². The van der Waals surface area contributed by atoms with Crippen LogP contribution in [0.4, 0.5) is 0 Å². The van der Waals surface area contributed by atoms with Crippen LogP contribution in [0.25, 0.3) is 0 Å². The summed E-state index contributed by atoms with van der Waals surface area (Å²) in [7, 11) is 0. The zero-order chi connectivity index (χ0) is 26.4. The van der Waals surface area contributed by atoms with E-state index >= 15 is 0 Å². The molecule has 0 aliphatic heterocycles. The molecule has 0 bridgehead atoms. The van der Waals surface area contributed by atoms with Gasteiger partial charge >= 0.3 is 17.9 Å². The highest BCUT2D eigenvalue weighted by molar-refractivity contribution is 7.98. The van der Waals surface area contributed by atoms with Gasteiger partial charge in [0, 0.05) is 6.42 Å². The molecule has 0 rings (SSSR count). The first-order valence-corrected chi connectivity index (χ1v) is 11.3. The Balaban J connectivity index is 5.56. The van der Waals surface area contributed by atoms with Gasteiger partial charge in [-0.2, -0.15) is 11.8 Å². The van der Waals surface area contributed by atoms with Crippen molar-refractivity contribution in [1.29, 1.82) is 0 Å². The second kappa shape index (κ2) is 15.4. The van der Waals surface area contributed by atoms with Crippen molar-refractivity contribution in [2.75, 3.05) is 12.0 Å². The van der Waals surface area contributed by atoms with Gasteiger partial charge in [-0.1, -0.05) is 0 Å². The zero-order valence-corrected chi connectivity index (χ0v) is 19.1. The van der Waals surface area contributed by atoms with Crippen LogP contribution in [0.5, 0.6) is 0 Å². The maximum Gasteiger partial charge on any atom is 0.326 e. The number of primary amides is 1. The molecule has 4 atom stereocenters. The van der Waals surface area contributed by atoms with Gasteiger partial charge in [0.15, 0.2) is 0 Å². The van der Waals surface area contributed by atoms with Crippen LogP contribution in [-0.2, 0) is 33.6 Å². The van der Waals surface area contributed by atoms with Crippen molar-refractivity contribution < 1.29 is 48.9 Å². The van der Waals surface area contributed by atoms with E-state index in [-0.39, 0.29) is 6.42 Å². The van der Waals surface area contributed by atoms with Gasteiger partial charge in [0.05, 0.1) is 18.9 Å². The predicted molar refractivity (Wildman–Crippen MR) is 117 cm³/mol. The molecule has 0 spiro atoms. The summed E-state index contributed by atoms with van der Waals surface area (Å²) in [5, 5.41) is 33.6. The Hall–Kier alpha value is -3.40. The Labute approximate surface area is 198 Å². The molecular formula is C18H29N5O10S. The second-order valence-corrected chi connectivity index (χ2v) is 8.10. The third-order valence-corrected chi connectivity index (χ3v) is 4.92. The summed E-state index contributed by atoms with van der Waals surface area (Å²) < 4.78 is 0. The molecule has 0 aromatic rings. The predicted octanol–water partition coefficient (Wildman–Crippen LogP) is -3.18. The molecule has 15 nitrogen and oxygen atoms in total. The number of hydrogen-bond acceptors (Lipinski definition) is 9. The first kappa shape index (κ1) is 30.6. The van der Waals surface area contributed by atoms with E-state index in [4.69, 9.17) is 21.7 Å². The fourth-order valence-electron chi connectivity index (χ4n) is 2.55. The lowest BCUT2D eigenvalue weighted by Gasteiger charge is -2.24. The lowest BCUT2D eigenvalue weighted by molar-refractivity contribution is -0.143. The summed E-state index contributed by atoms with van der Waals surface area (Å²) in [6, 6.07) is -6.08. The molecule has 0 radical (unpaired) electrons. The van der Waals surface area contributed by atoms with Crippen molar-refractivity contribution in [3.8, 4) is 0 Å². The molecule has 10 N–H and O–H groups in total. The molecular weight excluding hydrogens is 478 g/mol. The maximum atomic E-state index is 12.7. The molecule has 0 heterocycles. The van der Waals surface area contributed by atoms with Crippen molar-refractivity contribution in [2.45, 2.75) is 56.3 Å². The van der Waals surface area contributed by atoms with Crippen LogP contribution in [0.3, 0.4) is 0 Å². The van der Waals surface area contributed by atoms with E-state index in [0.29, 0.717) is 5.75 Å². The molecule has 0 fully saturated rings. The quantitative estimate of drug-likeness (QED) is 0.0968. The third kappa shape index (κ3) is 12.6. The number of hydrogen-bond donors (Lipinski definition) is 8. The van der Waals surface area contributed by atoms with E-state index in [9.17, 15) is 38.7 Å². The van der Waals surface area contributed by atoms with Crippen LogP contribution in [0.1, 0.15) is 32.1 Å². The average Bonchev–Trinajstić information content (AvgIpc) is 2.71. The van der Waals surface area contributed by atoms with Crippen LogP contribution in [0, 0.1) is 0 Å². The second-order valence-electron chi connectivity index (χ2n) is 7.11. The number of carbonyl (C=O) groups excluding carboxylic acids is 4. The van der Waals surface area contributed by atoms with E-state index in [1.54, 1.807) is 6.26 Å². The van der Waals surface area contributed by atoms with E-state index in [2.05, 4.69) is 16.0 Å². The molecule has 0 saturated carbocycles. The SMILES string of the molecule is CSCCC(NC(=O)C(CC(=O)O)NC(=O)C(CCC(=O)O)NC(=O)C(N)CC(N)=O)C(=O)O. The number of nitrogens with one attached hydrogen (secondary N) is 3. The van der Waals surface area contributed by atoms with Gasteiger partial charge < -0.3 is 42.7 Å². The first-order chi connectivity index (χ1) is 15.8. The van der Waals surface area contributed by atoms with Gasteiger partial charge in [0.25, 0.3) is 0 Å². The molecule has 192 valence electrons. The number of carboxylic acid groups (broad SMARTS) is 3. The van der Waals surface area contributed by atoms with Gasteiger partial charge in [-0.3, -0.25) is 28.8 Å². The molecule has 0 saturated heterocycles. The van der Waals surface area contributed by atoms with Gasteiger partial charge in [-0.05, 0) is 24.9 Å². The van der Waals surface area contributed by atoms with Crippen LogP contribution < -0.4 is 27.4 Å². The van der Waals surface area contributed by atoms with Crippen molar-refractivity contribution in [3.05, 3.63) is 0 Å². The number of amides is 4. The largest absolute Gasteiger partial charge is 0.481 e. The Bertz CT molecular complexity index is 793. The van der Waals surface area contributed by atoms with Crippen LogP contribution in [-0.4, -0.2) is 93.0 Å². The normalized spacial score (nSPS) is 14.1. The topological polar surface area (TPSA) is 268 Å². The number of carbonyl (C=O) groups is 7. The number of aliphatic carboxylic acids is 3. The maximum absolute atomic E-state index is 12.7. The Morgan fingerprint density at radius 2 is 1.29 bits per heavy atom. The fourth-order valence-corrected chi connectivity index (χ4v) is 3.02. The fraction of sp³-hybridized carbons (Fsp3) is 0.611. The van der Waals surface area contributed by atoms with E-state index < -0.39 is 91.4 Å². The molecule has 16 heteroatoms. The zero-order valence-electron chi connectivity index (χ0n) is 18.3. The van der Waals surface area contributed by atoms with Crippen molar-refractivity contribution >= 4 is 53.3 Å². The Morgan fingerprint density at radius 1 is 0.765 bits per heavy atom. The third-order valence-electron chi connectivity index (χ3n) is 4.27. The number of rotatable bonds is 17. The Morgan fingerprint density at radius 3 is 1.76 bits per heavy atom. The van der Waals surface area contributed by atoms with Crippen LogP contribution in [0.15, 0.2) is 0 Å². The number of carboxylic acids is 3. The molecule has 0 aromatic carbocycles. The highest BCUT2D eigenvalue weighted by Crippen LogP contribution is 2.05. The number of thioether (sulfide) groups is 1. The minimum absolute atomic E-state index is 0.0328. The summed E-state index contributed by atoms with van der Waals surface area (Å²) in [6.45, 7) is 0. The highest BCUT2D eigenvalue weighted by Gasteiger charge is 2.32. The summed E-state index contributed by atoms with van der Waals surface area (Å²) in [6.07, 6.45) is -0.777. The van der Waals surface area contributed by atoms with Crippen molar-refractivity contribution in [1.82, 2.24) is 16.0 Å². The van der Waals surface area contributed by atoms with Gasteiger partial charge in [0.1, 0.15) is 18.1 Å². The molecule has 0 aliphatic rings. The van der Waals surface area contributed by atoms with Gasteiger partial charge in [0.2, 0.25) is 23.6 Å². The Kier molecular flexibility index (Phi) is 13.9. The average molecular weight is 508 g/mol. The van der Waals surface area contributed by atoms with Crippen molar-refractivity contribution in [3.63, 3.8) is 0 Å². The molecule has 4 amide bonds. The van der Waals surface area contributed by atoms with Crippen LogP contribution in [0.2, 0.25) is 0 Å². The van der Waals surface area contributed by atoms with E-state index in [0.717, 1.165) is 0 Å². The molecule has 0 aliphatic carbocycles. The summed E-state index contributed by atoms with van der Waals surface area (Å²) in [5.74, 6) is -7.91. The van der Waals surface area contributed by atoms with E-state index in [1.165, 1.54) is 11.8 Å². The lowest BCUT2D eigenvalue weighted by atomic mass is 10.1. The van der Waals surface area contributed by atoms with Crippen LogP contribution >= 0.6 is 11.8 Å². The molecule has 34 heavy (non-hydrogen) atoms.